The minimum atomic E-state index is -0.139. The number of fused-ring (bicyclic) bond motifs is 1. The van der Waals surface area contributed by atoms with Gasteiger partial charge in [-0.05, 0) is 36.8 Å². The molecular weight excluding hydrogens is 372 g/mol. The van der Waals surface area contributed by atoms with Gasteiger partial charge in [0, 0.05) is 23.1 Å². The Morgan fingerprint density at radius 3 is 2.88 bits per heavy atom. The van der Waals surface area contributed by atoms with E-state index in [4.69, 9.17) is 4.74 Å². The lowest BCUT2D eigenvalue weighted by Crippen LogP contribution is -2.40. The first-order valence-corrected chi connectivity index (χ1v) is 8.42. The number of hydrogen-bond donors (Lipinski definition) is 1. The van der Waals surface area contributed by atoms with E-state index in [-0.39, 0.29) is 24.8 Å². The van der Waals surface area contributed by atoms with Gasteiger partial charge in [-0.25, -0.2) is 0 Å². The lowest BCUT2D eigenvalue weighted by Gasteiger charge is -2.29. The van der Waals surface area contributed by atoms with Crippen molar-refractivity contribution in [2.24, 2.45) is 0 Å². The second kappa shape index (κ2) is 7.05. The number of ether oxygens (including phenoxy) is 1. The number of anilines is 2. The molecule has 24 heavy (non-hydrogen) atoms. The number of hydrogen-bond acceptors (Lipinski definition) is 3. The van der Waals surface area contributed by atoms with Crippen LogP contribution in [0.25, 0.3) is 0 Å². The fraction of sp³-hybridized carbons (Fsp3) is 0.222. The van der Waals surface area contributed by atoms with Gasteiger partial charge >= 0.3 is 0 Å². The zero-order valence-electron chi connectivity index (χ0n) is 13.2. The van der Waals surface area contributed by atoms with E-state index in [1.165, 1.54) is 0 Å². The Bertz CT molecular complexity index is 792. The monoisotopic (exact) mass is 388 g/mol. The molecule has 2 aromatic rings. The van der Waals surface area contributed by atoms with Crippen molar-refractivity contribution in [3.05, 3.63) is 52.5 Å². The van der Waals surface area contributed by atoms with Crippen LogP contribution < -0.4 is 15.0 Å². The molecule has 1 heterocycles. The fourth-order valence-electron chi connectivity index (χ4n) is 2.51. The van der Waals surface area contributed by atoms with Gasteiger partial charge in [-0.3, -0.25) is 9.59 Å². The molecule has 5 nitrogen and oxygen atoms in total. The predicted molar refractivity (Wildman–Crippen MR) is 96.4 cm³/mol. The number of nitrogens with one attached hydrogen (secondary N) is 1. The predicted octanol–water partition coefficient (Wildman–Crippen LogP) is 3.51. The van der Waals surface area contributed by atoms with Crippen LogP contribution in [0.1, 0.15) is 12.0 Å². The number of nitrogens with zero attached hydrogens (tertiary/aromatic N) is 1. The zero-order valence-corrected chi connectivity index (χ0v) is 14.8. The lowest BCUT2D eigenvalue weighted by molar-refractivity contribution is -0.121. The van der Waals surface area contributed by atoms with E-state index in [0.29, 0.717) is 18.0 Å². The third kappa shape index (κ3) is 3.59. The first-order chi connectivity index (χ1) is 11.5. The average Bonchev–Trinajstić information content (AvgIpc) is 2.57. The van der Waals surface area contributed by atoms with E-state index in [1.54, 1.807) is 4.90 Å². The fourth-order valence-corrected chi connectivity index (χ4v) is 2.89. The van der Waals surface area contributed by atoms with Gasteiger partial charge in [0.1, 0.15) is 5.75 Å². The van der Waals surface area contributed by atoms with Crippen LogP contribution >= 0.6 is 15.9 Å². The Balaban J connectivity index is 1.64. The molecular formula is C18H17BrN2O3. The Labute approximate surface area is 148 Å². The number of carbonyl (C=O) groups excluding carboxylic acids is 2. The summed E-state index contributed by atoms with van der Waals surface area (Å²) < 4.78 is 6.34. The van der Waals surface area contributed by atoms with E-state index >= 15 is 0 Å². The summed E-state index contributed by atoms with van der Waals surface area (Å²) in [5, 5.41) is 2.85. The van der Waals surface area contributed by atoms with E-state index in [9.17, 15) is 9.59 Å². The molecule has 0 fully saturated rings. The zero-order chi connectivity index (χ0) is 17.1. The molecule has 0 spiro atoms. The molecule has 124 valence electrons. The van der Waals surface area contributed by atoms with Gasteiger partial charge in [0.2, 0.25) is 5.91 Å². The van der Waals surface area contributed by atoms with E-state index in [2.05, 4.69) is 21.2 Å². The van der Waals surface area contributed by atoms with Gasteiger partial charge in [0.05, 0.1) is 5.69 Å². The van der Waals surface area contributed by atoms with Crippen molar-refractivity contribution in [3.8, 4) is 5.75 Å². The number of benzene rings is 2. The summed E-state index contributed by atoms with van der Waals surface area (Å²) in [6.45, 7) is 2.30. The average molecular weight is 389 g/mol. The molecule has 0 saturated carbocycles. The number of para-hydroxylation sites is 2. The molecule has 3 rings (SSSR count). The maximum atomic E-state index is 12.2. The molecule has 0 aliphatic carbocycles. The number of amides is 2. The maximum Gasteiger partial charge on any atom is 0.265 e. The Morgan fingerprint density at radius 2 is 2.08 bits per heavy atom. The number of aryl methyl sites for hydroxylation is 1. The van der Waals surface area contributed by atoms with Gasteiger partial charge in [-0.2, -0.15) is 0 Å². The summed E-state index contributed by atoms with van der Waals surface area (Å²) in [5.74, 6) is 0.391. The number of rotatable bonds is 4. The molecule has 1 aliphatic rings. The van der Waals surface area contributed by atoms with Crippen molar-refractivity contribution in [2.75, 3.05) is 23.4 Å². The minimum Gasteiger partial charge on any atom is -0.482 e. The molecule has 0 radical (unpaired) electrons. The molecule has 0 aromatic heterocycles. The molecule has 1 N–H and O–H groups in total. The van der Waals surface area contributed by atoms with Gasteiger partial charge in [0.15, 0.2) is 6.61 Å². The Morgan fingerprint density at radius 1 is 1.29 bits per heavy atom. The molecule has 1 aliphatic heterocycles. The summed E-state index contributed by atoms with van der Waals surface area (Å²) in [6, 6.07) is 13.0. The van der Waals surface area contributed by atoms with E-state index in [1.807, 2.05) is 49.4 Å². The molecule has 0 saturated heterocycles. The first-order valence-electron chi connectivity index (χ1n) is 7.63. The van der Waals surface area contributed by atoms with Crippen molar-refractivity contribution in [3.63, 3.8) is 0 Å². The SMILES string of the molecule is Cc1ccc(NC(=O)CCN2C(=O)COc3ccccc32)cc1Br. The highest BCUT2D eigenvalue weighted by atomic mass is 79.9. The summed E-state index contributed by atoms with van der Waals surface area (Å²) in [4.78, 5) is 25.8. The third-order valence-electron chi connectivity index (χ3n) is 3.83. The molecule has 0 bridgehead atoms. The maximum absolute atomic E-state index is 12.2. The van der Waals surface area contributed by atoms with Crippen LogP contribution in [0, 0.1) is 6.92 Å². The standard InChI is InChI=1S/C18H17BrN2O3/c1-12-6-7-13(10-14(12)19)20-17(22)8-9-21-15-4-2-3-5-16(15)24-11-18(21)23/h2-7,10H,8-9,11H2,1H3,(H,20,22). The van der Waals surface area contributed by atoms with Crippen LogP contribution in [-0.4, -0.2) is 25.0 Å². The third-order valence-corrected chi connectivity index (χ3v) is 4.68. The summed E-state index contributed by atoms with van der Waals surface area (Å²) >= 11 is 3.45. The normalized spacial score (nSPS) is 13.2. The van der Waals surface area contributed by atoms with Crippen molar-refractivity contribution < 1.29 is 14.3 Å². The largest absolute Gasteiger partial charge is 0.482 e. The number of halogens is 1. The van der Waals surface area contributed by atoms with Crippen LogP contribution in [0.4, 0.5) is 11.4 Å². The van der Waals surface area contributed by atoms with Crippen LogP contribution in [0.15, 0.2) is 46.9 Å². The van der Waals surface area contributed by atoms with Crippen LogP contribution in [0.3, 0.4) is 0 Å². The lowest BCUT2D eigenvalue weighted by atomic mass is 10.2. The van der Waals surface area contributed by atoms with Gasteiger partial charge in [0.25, 0.3) is 5.91 Å². The summed E-state index contributed by atoms with van der Waals surface area (Å²) in [6.07, 6.45) is 0.214. The van der Waals surface area contributed by atoms with Gasteiger partial charge in [-0.1, -0.05) is 34.1 Å². The smallest absolute Gasteiger partial charge is 0.265 e. The van der Waals surface area contributed by atoms with Gasteiger partial charge < -0.3 is 15.0 Å². The highest BCUT2D eigenvalue weighted by Crippen LogP contribution is 2.31. The van der Waals surface area contributed by atoms with Crippen LogP contribution in [-0.2, 0) is 9.59 Å². The van der Waals surface area contributed by atoms with E-state index in [0.717, 1.165) is 15.7 Å². The molecule has 0 atom stereocenters. The van der Waals surface area contributed by atoms with Crippen molar-refractivity contribution in [2.45, 2.75) is 13.3 Å². The van der Waals surface area contributed by atoms with Crippen LogP contribution in [0.2, 0.25) is 0 Å². The Kier molecular flexibility index (Phi) is 4.85. The highest BCUT2D eigenvalue weighted by Gasteiger charge is 2.25. The quantitative estimate of drug-likeness (QED) is 0.871. The topological polar surface area (TPSA) is 58.6 Å². The summed E-state index contributed by atoms with van der Waals surface area (Å²) in [5.41, 5.74) is 2.54. The van der Waals surface area contributed by atoms with Crippen LogP contribution in [0.5, 0.6) is 5.75 Å². The molecule has 2 amide bonds. The summed E-state index contributed by atoms with van der Waals surface area (Å²) in [7, 11) is 0. The van der Waals surface area contributed by atoms with Crippen molar-refractivity contribution in [1.82, 2.24) is 0 Å². The second-order valence-electron chi connectivity index (χ2n) is 5.56. The van der Waals surface area contributed by atoms with Gasteiger partial charge in [-0.15, -0.1) is 0 Å². The van der Waals surface area contributed by atoms with E-state index < -0.39 is 0 Å². The molecule has 6 heteroatoms. The Hall–Kier alpha value is -2.34. The second-order valence-corrected chi connectivity index (χ2v) is 6.42. The van der Waals surface area contributed by atoms with Crippen molar-refractivity contribution >= 4 is 39.1 Å². The highest BCUT2D eigenvalue weighted by molar-refractivity contribution is 9.10. The molecule has 2 aromatic carbocycles. The first kappa shape index (κ1) is 16.5. The van der Waals surface area contributed by atoms with Crippen molar-refractivity contribution in [1.29, 1.82) is 0 Å². The molecule has 0 unspecified atom stereocenters. The number of carbonyl (C=O) groups is 2. The minimum absolute atomic E-state index is 0.00351.